The molecule has 0 fully saturated rings. The van der Waals surface area contributed by atoms with Crippen LogP contribution in [-0.2, 0) is 14.3 Å². The zero-order valence-electron chi connectivity index (χ0n) is 16.4. The van der Waals surface area contributed by atoms with Gasteiger partial charge in [-0.05, 0) is 31.5 Å². The SMILES string of the molecule is CC(=O)Nc1sc(C)c(C)c1C(=O)OCC(=O)NC[C@H]1COc2ccccc2O1. The van der Waals surface area contributed by atoms with Gasteiger partial charge in [-0.15, -0.1) is 11.3 Å². The van der Waals surface area contributed by atoms with Crippen molar-refractivity contribution in [1.82, 2.24) is 5.32 Å². The van der Waals surface area contributed by atoms with Gasteiger partial charge in [0, 0.05) is 11.8 Å². The van der Waals surface area contributed by atoms with E-state index in [-0.39, 0.29) is 24.1 Å². The second-order valence-corrected chi connectivity index (χ2v) is 7.77. The van der Waals surface area contributed by atoms with E-state index in [1.807, 2.05) is 25.1 Å². The molecule has 2 amide bonds. The van der Waals surface area contributed by atoms with Crippen molar-refractivity contribution in [2.75, 3.05) is 25.1 Å². The van der Waals surface area contributed by atoms with Crippen LogP contribution in [0.5, 0.6) is 11.5 Å². The molecule has 3 rings (SSSR count). The van der Waals surface area contributed by atoms with E-state index in [1.54, 1.807) is 13.0 Å². The number of ether oxygens (including phenoxy) is 3. The lowest BCUT2D eigenvalue weighted by Crippen LogP contribution is -2.42. The highest BCUT2D eigenvalue weighted by Crippen LogP contribution is 2.33. The van der Waals surface area contributed by atoms with Crippen LogP contribution in [0.15, 0.2) is 24.3 Å². The molecule has 2 aromatic rings. The van der Waals surface area contributed by atoms with Crippen molar-refractivity contribution in [2.45, 2.75) is 26.9 Å². The molecule has 0 aliphatic carbocycles. The molecule has 1 aliphatic rings. The normalized spacial score (nSPS) is 14.8. The average Bonchev–Trinajstić information content (AvgIpc) is 2.97. The molecule has 154 valence electrons. The number of esters is 1. The van der Waals surface area contributed by atoms with Crippen LogP contribution >= 0.6 is 11.3 Å². The molecule has 0 saturated carbocycles. The lowest BCUT2D eigenvalue weighted by molar-refractivity contribution is -0.124. The predicted octanol–water partition coefficient (Wildman–Crippen LogP) is 2.44. The van der Waals surface area contributed by atoms with Crippen LogP contribution in [0.3, 0.4) is 0 Å². The van der Waals surface area contributed by atoms with Gasteiger partial charge in [-0.3, -0.25) is 9.59 Å². The van der Waals surface area contributed by atoms with Crippen LogP contribution in [0.2, 0.25) is 0 Å². The van der Waals surface area contributed by atoms with Crippen molar-refractivity contribution >= 4 is 34.1 Å². The van der Waals surface area contributed by atoms with Gasteiger partial charge in [0.15, 0.2) is 18.1 Å². The van der Waals surface area contributed by atoms with Gasteiger partial charge in [-0.2, -0.15) is 0 Å². The minimum atomic E-state index is -0.656. The third kappa shape index (κ3) is 5.05. The Labute approximate surface area is 172 Å². The van der Waals surface area contributed by atoms with Crippen LogP contribution < -0.4 is 20.1 Å². The summed E-state index contributed by atoms with van der Waals surface area (Å²) in [7, 11) is 0. The number of amides is 2. The average molecular weight is 418 g/mol. The Morgan fingerprint density at radius 1 is 1.21 bits per heavy atom. The molecular weight excluding hydrogens is 396 g/mol. The molecule has 1 aromatic heterocycles. The highest BCUT2D eigenvalue weighted by molar-refractivity contribution is 7.16. The summed E-state index contributed by atoms with van der Waals surface area (Å²) in [5.41, 5.74) is 0.992. The minimum absolute atomic E-state index is 0.221. The zero-order chi connectivity index (χ0) is 21.0. The summed E-state index contributed by atoms with van der Waals surface area (Å²) in [4.78, 5) is 36.7. The second kappa shape index (κ2) is 8.95. The Balaban J connectivity index is 1.50. The molecule has 0 bridgehead atoms. The number of rotatable bonds is 6. The Hall–Kier alpha value is -3.07. The number of carbonyl (C=O) groups excluding carboxylic acids is 3. The zero-order valence-corrected chi connectivity index (χ0v) is 17.2. The first-order chi connectivity index (χ1) is 13.8. The van der Waals surface area contributed by atoms with E-state index in [4.69, 9.17) is 14.2 Å². The second-order valence-electron chi connectivity index (χ2n) is 6.55. The molecule has 2 heterocycles. The van der Waals surface area contributed by atoms with E-state index in [1.165, 1.54) is 18.3 Å². The lowest BCUT2D eigenvalue weighted by atomic mass is 10.1. The van der Waals surface area contributed by atoms with Gasteiger partial charge in [0.05, 0.1) is 12.1 Å². The van der Waals surface area contributed by atoms with Gasteiger partial charge < -0.3 is 24.8 Å². The molecule has 1 aromatic carbocycles. The van der Waals surface area contributed by atoms with Gasteiger partial charge in [0.2, 0.25) is 5.91 Å². The maximum absolute atomic E-state index is 12.4. The van der Waals surface area contributed by atoms with E-state index in [2.05, 4.69) is 10.6 Å². The number of aryl methyl sites for hydroxylation is 1. The summed E-state index contributed by atoms with van der Waals surface area (Å²) in [6, 6.07) is 7.30. The van der Waals surface area contributed by atoms with Crippen molar-refractivity contribution in [3.8, 4) is 11.5 Å². The number of fused-ring (bicyclic) bond motifs is 1. The monoisotopic (exact) mass is 418 g/mol. The first-order valence-corrected chi connectivity index (χ1v) is 9.86. The maximum Gasteiger partial charge on any atom is 0.341 e. The van der Waals surface area contributed by atoms with Crippen molar-refractivity contribution in [2.24, 2.45) is 0 Å². The number of hydrogen-bond donors (Lipinski definition) is 2. The minimum Gasteiger partial charge on any atom is -0.486 e. The van der Waals surface area contributed by atoms with E-state index in [9.17, 15) is 14.4 Å². The topological polar surface area (TPSA) is 103 Å². The summed E-state index contributed by atoms with van der Waals surface area (Å²) in [5, 5.41) is 5.72. The number of hydrogen-bond acceptors (Lipinski definition) is 7. The van der Waals surface area contributed by atoms with Crippen LogP contribution in [0.25, 0.3) is 0 Å². The molecule has 1 atom stereocenters. The molecule has 0 radical (unpaired) electrons. The molecule has 8 nitrogen and oxygen atoms in total. The quantitative estimate of drug-likeness (QED) is 0.699. The Bertz CT molecular complexity index is 939. The third-order valence-corrected chi connectivity index (χ3v) is 5.43. The van der Waals surface area contributed by atoms with E-state index >= 15 is 0 Å². The van der Waals surface area contributed by atoms with Crippen molar-refractivity contribution in [3.05, 3.63) is 40.3 Å². The maximum atomic E-state index is 12.4. The number of benzene rings is 1. The summed E-state index contributed by atoms with van der Waals surface area (Å²) in [5.74, 6) is -0.101. The Kier molecular flexibility index (Phi) is 6.38. The summed E-state index contributed by atoms with van der Waals surface area (Å²) < 4.78 is 16.5. The number of anilines is 1. The van der Waals surface area contributed by atoms with Gasteiger partial charge >= 0.3 is 5.97 Å². The van der Waals surface area contributed by atoms with Crippen LogP contribution in [0.4, 0.5) is 5.00 Å². The predicted molar refractivity (Wildman–Crippen MR) is 108 cm³/mol. The molecule has 0 spiro atoms. The van der Waals surface area contributed by atoms with Crippen molar-refractivity contribution in [3.63, 3.8) is 0 Å². The number of para-hydroxylation sites is 2. The largest absolute Gasteiger partial charge is 0.486 e. The number of carbonyl (C=O) groups is 3. The molecule has 1 aliphatic heterocycles. The van der Waals surface area contributed by atoms with Gasteiger partial charge in [-0.1, -0.05) is 12.1 Å². The van der Waals surface area contributed by atoms with E-state index in [0.29, 0.717) is 23.1 Å². The number of nitrogens with one attached hydrogen (secondary N) is 2. The molecular formula is C20H22N2O6S. The standard InChI is InChI=1S/C20H22N2O6S/c1-11-12(2)29-19(22-13(3)23)18(11)20(25)27-10-17(24)21-8-14-9-26-15-6-4-5-7-16(15)28-14/h4-7,14H,8-10H2,1-3H3,(H,21,24)(H,22,23)/t14-/m0/s1. The van der Waals surface area contributed by atoms with Crippen molar-refractivity contribution < 1.29 is 28.6 Å². The first kappa shape index (κ1) is 20.7. The summed E-state index contributed by atoms with van der Waals surface area (Å²) in [6.45, 7) is 5.08. The summed E-state index contributed by atoms with van der Waals surface area (Å²) >= 11 is 1.29. The highest BCUT2D eigenvalue weighted by Gasteiger charge is 2.24. The third-order valence-electron chi connectivity index (χ3n) is 4.31. The van der Waals surface area contributed by atoms with Crippen LogP contribution in [0.1, 0.15) is 27.7 Å². The molecule has 0 unspecified atom stereocenters. The molecule has 2 N–H and O–H groups in total. The fourth-order valence-corrected chi connectivity index (χ4v) is 3.86. The lowest BCUT2D eigenvalue weighted by Gasteiger charge is -2.26. The van der Waals surface area contributed by atoms with Gasteiger partial charge in [0.1, 0.15) is 17.7 Å². The number of thiophene rings is 1. The fourth-order valence-electron chi connectivity index (χ4n) is 2.77. The highest BCUT2D eigenvalue weighted by atomic mass is 32.1. The molecule has 9 heteroatoms. The summed E-state index contributed by atoms with van der Waals surface area (Å²) in [6.07, 6.45) is -0.335. The van der Waals surface area contributed by atoms with E-state index in [0.717, 1.165) is 10.4 Å². The fraction of sp³-hybridized carbons (Fsp3) is 0.350. The Morgan fingerprint density at radius 3 is 2.66 bits per heavy atom. The van der Waals surface area contributed by atoms with Crippen LogP contribution in [-0.4, -0.2) is 43.6 Å². The smallest absolute Gasteiger partial charge is 0.341 e. The van der Waals surface area contributed by atoms with E-state index < -0.39 is 18.5 Å². The first-order valence-electron chi connectivity index (χ1n) is 9.05. The Morgan fingerprint density at radius 2 is 1.93 bits per heavy atom. The van der Waals surface area contributed by atoms with Gasteiger partial charge in [-0.25, -0.2) is 4.79 Å². The van der Waals surface area contributed by atoms with Crippen LogP contribution in [0, 0.1) is 13.8 Å². The van der Waals surface area contributed by atoms with Gasteiger partial charge in [0.25, 0.3) is 5.91 Å². The molecule has 29 heavy (non-hydrogen) atoms. The van der Waals surface area contributed by atoms with Crippen molar-refractivity contribution in [1.29, 1.82) is 0 Å². The molecule has 0 saturated heterocycles.